The molecule has 1 saturated heterocycles. The van der Waals surface area contributed by atoms with Crippen molar-refractivity contribution in [1.82, 2.24) is 10.3 Å². The van der Waals surface area contributed by atoms with E-state index < -0.39 is 0 Å². The second kappa shape index (κ2) is 4.41. The van der Waals surface area contributed by atoms with E-state index in [0.717, 1.165) is 18.4 Å². The molecule has 2 unspecified atom stereocenters. The zero-order chi connectivity index (χ0) is 9.97. The smallest absolute Gasteiger partial charge is 0.0896 e. The molecule has 2 atom stereocenters. The van der Waals surface area contributed by atoms with Crippen LogP contribution in [0.3, 0.4) is 0 Å². The summed E-state index contributed by atoms with van der Waals surface area (Å²) < 4.78 is 0. The Bertz CT molecular complexity index is 295. The summed E-state index contributed by atoms with van der Waals surface area (Å²) >= 11 is 1.87. The lowest BCUT2D eigenvalue weighted by Gasteiger charge is -2.30. The molecule has 0 saturated carbocycles. The molecule has 1 aliphatic heterocycles. The van der Waals surface area contributed by atoms with Gasteiger partial charge in [-0.25, -0.2) is 4.98 Å². The highest BCUT2D eigenvalue weighted by Crippen LogP contribution is 2.34. The molecule has 1 aliphatic rings. The maximum absolute atomic E-state index is 4.36. The molecule has 1 aromatic rings. The van der Waals surface area contributed by atoms with Crippen LogP contribution in [0.4, 0.5) is 0 Å². The molecule has 2 nitrogen and oxygen atoms in total. The number of nitrogens with one attached hydrogen (secondary N) is 1. The Balaban J connectivity index is 2.14. The number of rotatable bonds is 2. The standard InChI is InChI=1S/C11H18N2S/c1-3-9-6-12-5-4-10(9)11-7-13-8(2)14-11/h7,9-10,12H,3-6H2,1-2H3. The number of aryl methyl sites for hydroxylation is 1. The van der Waals surface area contributed by atoms with Crippen LogP contribution in [0.5, 0.6) is 0 Å². The average Bonchev–Trinajstić information content (AvgIpc) is 2.65. The van der Waals surface area contributed by atoms with E-state index >= 15 is 0 Å². The minimum atomic E-state index is 0.757. The van der Waals surface area contributed by atoms with Gasteiger partial charge in [-0.15, -0.1) is 11.3 Å². The van der Waals surface area contributed by atoms with Crippen molar-refractivity contribution < 1.29 is 0 Å². The molecule has 0 aromatic carbocycles. The Labute approximate surface area is 89.8 Å². The normalized spacial score (nSPS) is 27.9. The van der Waals surface area contributed by atoms with Gasteiger partial charge >= 0.3 is 0 Å². The number of hydrogen-bond acceptors (Lipinski definition) is 3. The molecule has 2 heterocycles. The highest BCUT2D eigenvalue weighted by molar-refractivity contribution is 7.11. The molecule has 0 amide bonds. The highest BCUT2D eigenvalue weighted by Gasteiger charge is 2.26. The summed E-state index contributed by atoms with van der Waals surface area (Å²) in [6.07, 6.45) is 4.63. The summed E-state index contributed by atoms with van der Waals surface area (Å²) in [6.45, 7) is 6.73. The zero-order valence-electron chi connectivity index (χ0n) is 8.92. The van der Waals surface area contributed by atoms with Gasteiger partial charge < -0.3 is 5.32 Å². The Hall–Kier alpha value is -0.410. The maximum atomic E-state index is 4.36. The molecule has 0 aliphatic carbocycles. The topological polar surface area (TPSA) is 24.9 Å². The molecule has 0 radical (unpaired) electrons. The van der Waals surface area contributed by atoms with E-state index in [1.165, 1.54) is 29.3 Å². The van der Waals surface area contributed by atoms with Crippen molar-refractivity contribution in [3.63, 3.8) is 0 Å². The summed E-state index contributed by atoms with van der Waals surface area (Å²) in [6, 6.07) is 0. The van der Waals surface area contributed by atoms with Crippen LogP contribution in [0.2, 0.25) is 0 Å². The summed E-state index contributed by atoms with van der Waals surface area (Å²) in [5.74, 6) is 1.57. The number of thiazole rings is 1. The first-order valence-corrected chi connectivity index (χ1v) is 6.26. The lowest BCUT2D eigenvalue weighted by Crippen LogP contribution is -2.34. The summed E-state index contributed by atoms with van der Waals surface area (Å²) in [4.78, 5) is 5.85. The van der Waals surface area contributed by atoms with Gasteiger partial charge in [0.1, 0.15) is 0 Å². The molecular formula is C11H18N2S. The molecule has 0 spiro atoms. The molecule has 78 valence electrons. The zero-order valence-corrected chi connectivity index (χ0v) is 9.73. The van der Waals surface area contributed by atoms with E-state index in [-0.39, 0.29) is 0 Å². The minimum Gasteiger partial charge on any atom is -0.316 e. The van der Waals surface area contributed by atoms with Crippen LogP contribution in [0.15, 0.2) is 6.20 Å². The van der Waals surface area contributed by atoms with Gasteiger partial charge in [-0.1, -0.05) is 13.3 Å². The number of aromatic nitrogens is 1. The summed E-state index contributed by atoms with van der Waals surface area (Å²) in [5.41, 5.74) is 0. The van der Waals surface area contributed by atoms with Gasteiger partial charge in [0.15, 0.2) is 0 Å². The fraction of sp³-hybridized carbons (Fsp3) is 0.727. The van der Waals surface area contributed by atoms with Crippen molar-refractivity contribution in [2.24, 2.45) is 5.92 Å². The third kappa shape index (κ3) is 1.98. The summed E-state index contributed by atoms with van der Waals surface area (Å²) in [5, 5.41) is 4.68. The first-order valence-electron chi connectivity index (χ1n) is 5.44. The van der Waals surface area contributed by atoms with Crippen molar-refractivity contribution in [2.75, 3.05) is 13.1 Å². The largest absolute Gasteiger partial charge is 0.316 e. The lowest BCUT2D eigenvalue weighted by molar-refractivity contribution is 0.321. The number of hydrogen-bond donors (Lipinski definition) is 1. The van der Waals surface area contributed by atoms with Gasteiger partial charge in [0.2, 0.25) is 0 Å². The number of piperidine rings is 1. The summed E-state index contributed by atoms with van der Waals surface area (Å²) in [7, 11) is 0. The molecule has 14 heavy (non-hydrogen) atoms. The predicted octanol–water partition coefficient (Wildman–Crippen LogP) is 2.55. The molecule has 1 N–H and O–H groups in total. The van der Waals surface area contributed by atoms with Gasteiger partial charge in [0.25, 0.3) is 0 Å². The Kier molecular flexibility index (Phi) is 3.19. The molecular weight excluding hydrogens is 192 g/mol. The lowest BCUT2D eigenvalue weighted by atomic mass is 9.84. The first-order chi connectivity index (χ1) is 6.81. The Morgan fingerprint density at radius 1 is 1.64 bits per heavy atom. The van der Waals surface area contributed by atoms with Gasteiger partial charge in [0, 0.05) is 17.0 Å². The monoisotopic (exact) mass is 210 g/mol. The van der Waals surface area contributed by atoms with Crippen LogP contribution in [0.1, 0.15) is 35.6 Å². The van der Waals surface area contributed by atoms with Crippen molar-refractivity contribution in [2.45, 2.75) is 32.6 Å². The van der Waals surface area contributed by atoms with Crippen LogP contribution in [-0.4, -0.2) is 18.1 Å². The molecule has 0 bridgehead atoms. The fourth-order valence-electron chi connectivity index (χ4n) is 2.28. The predicted molar refractivity (Wildman–Crippen MR) is 60.9 cm³/mol. The van der Waals surface area contributed by atoms with Gasteiger partial charge in [-0.2, -0.15) is 0 Å². The minimum absolute atomic E-state index is 0.757. The van der Waals surface area contributed by atoms with Crippen molar-refractivity contribution in [1.29, 1.82) is 0 Å². The van der Waals surface area contributed by atoms with E-state index in [4.69, 9.17) is 0 Å². The van der Waals surface area contributed by atoms with Crippen LogP contribution in [0.25, 0.3) is 0 Å². The fourth-order valence-corrected chi connectivity index (χ4v) is 3.29. The molecule has 2 rings (SSSR count). The average molecular weight is 210 g/mol. The van der Waals surface area contributed by atoms with E-state index in [1.807, 2.05) is 11.3 Å². The van der Waals surface area contributed by atoms with Gasteiger partial charge in [0.05, 0.1) is 5.01 Å². The van der Waals surface area contributed by atoms with E-state index in [0.29, 0.717) is 0 Å². The van der Waals surface area contributed by atoms with E-state index in [2.05, 4.69) is 30.3 Å². The third-order valence-corrected chi connectivity index (χ3v) is 4.18. The van der Waals surface area contributed by atoms with Crippen molar-refractivity contribution in [3.8, 4) is 0 Å². The second-order valence-electron chi connectivity index (χ2n) is 4.05. The maximum Gasteiger partial charge on any atom is 0.0896 e. The Morgan fingerprint density at radius 2 is 2.50 bits per heavy atom. The third-order valence-electron chi connectivity index (χ3n) is 3.14. The Morgan fingerprint density at radius 3 is 3.14 bits per heavy atom. The quantitative estimate of drug-likeness (QED) is 0.811. The van der Waals surface area contributed by atoms with Crippen LogP contribution in [0, 0.1) is 12.8 Å². The molecule has 1 aromatic heterocycles. The van der Waals surface area contributed by atoms with Crippen LogP contribution >= 0.6 is 11.3 Å². The molecule has 1 fully saturated rings. The SMILES string of the molecule is CCC1CNCCC1c1cnc(C)s1. The highest BCUT2D eigenvalue weighted by atomic mass is 32.1. The first kappa shape index (κ1) is 10.1. The van der Waals surface area contributed by atoms with Gasteiger partial charge in [-0.05, 0) is 32.4 Å². The van der Waals surface area contributed by atoms with Crippen LogP contribution < -0.4 is 5.32 Å². The van der Waals surface area contributed by atoms with E-state index in [1.54, 1.807) is 0 Å². The number of nitrogens with zero attached hydrogens (tertiary/aromatic N) is 1. The van der Waals surface area contributed by atoms with E-state index in [9.17, 15) is 0 Å². The second-order valence-corrected chi connectivity index (χ2v) is 5.32. The van der Waals surface area contributed by atoms with Crippen molar-refractivity contribution in [3.05, 3.63) is 16.1 Å². The van der Waals surface area contributed by atoms with Crippen LogP contribution in [-0.2, 0) is 0 Å². The molecule has 3 heteroatoms. The van der Waals surface area contributed by atoms with Gasteiger partial charge in [-0.3, -0.25) is 0 Å². The van der Waals surface area contributed by atoms with Crippen molar-refractivity contribution >= 4 is 11.3 Å².